The number of sulfonamides is 1. The van der Waals surface area contributed by atoms with Crippen molar-refractivity contribution in [3.8, 4) is 11.1 Å². The Bertz CT molecular complexity index is 1330. The Morgan fingerprint density at radius 2 is 1.91 bits per heavy atom. The van der Waals surface area contributed by atoms with Gasteiger partial charge in [-0.1, -0.05) is 56.6 Å². The van der Waals surface area contributed by atoms with E-state index in [-0.39, 0.29) is 11.3 Å². The number of halogens is 1. The molecular formula is C25H26ClN3O3S2. The Morgan fingerprint density at radius 1 is 1.15 bits per heavy atom. The highest BCUT2D eigenvalue weighted by Crippen LogP contribution is 2.33. The molecule has 0 radical (unpaired) electrons. The van der Waals surface area contributed by atoms with Gasteiger partial charge in [0.25, 0.3) is 0 Å². The van der Waals surface area contributed by atoms with Crippen LogP contribution in [0.25, 0.3) is 17.2 Å². The van der Waals surface area contributed by atoms with Gasteiger partial charge in [-0.3, -0.25) is 9.69 Å². The molecule has 1 N–H and O–H groups in total. The second kappa shape index (κ2) is 9.62. The van der Waals surface area contributed by atoms with E-state index in [0.29, 0.717) is 28.0 Å². The summed E-state index contributed by atoms with van der Waals surface area (Å²) in [5.41, 5.74) is 3.27. The Morgan fingerprint density at radius 3 is 2.56 bits per heavy atom. The smallest absolute Gasteiger partial charge is 0.246 e. The molecule has 9 heteroatoms. The van der Waals surface area contributed by atoms with Crippen LogP contribution in [-0.4, -0.2) is 31.9 Å². The topological polar surface area (TPSA) is 79.4 Å². The van der Waals surface area contributed by atoms with Gasteiger partial charge in [-0.15, -0.1) is 11.3 Å². The quantitative estimate of drug-likeness (QED) is 0.473. The highest BCUT2D eigenvalue weighted by molar-refractivity contribution is 7.92. The summed E-state index contributed by atoms with van der Waals surface area (Å²) in [5.74, 6) is 0.193. The number of benzene rings is 1. The molecule has 4 rings (SSSR count). The first-order chi connectivity index (χ1) is 16.0. The number of nitrogens with one attached hydrogen (secondary N) is 1. The zero-order valence-electron chi connectivity index (χ0n) is 19.2. The molecule has 1 atom stereocenters. The molecule has 6 nitrogen and oxygen atoms in total. The molecule has 178 valence electrons. The number of amides is 1. The van der Waals surface area contributed by atoms with Gasteiger partial charge in [-0.2, -0.15) is 4.72 Å². The number of carbonyl (C=O) groups is 1. The van der Waals surface area contributed by atoms with Crippen LogP contribution in [0.4, 0.5) is 5.82 Å². The second-order valence-electron chi connectivity index (χ2n) is 9.14. The average molecular weight is 516 g/mol. The average Bonchev–Trinajstić information content (AvgIpc) is 3.37. The predicted molar refractivity (Wildman–Crippen MR) is 140 cm³/mol. The number of carbonyl (C=O) groups excluding carboxylic acids is 1. The van der Waals surface area contributed by atoms with Gasteiger partial charge in [0.2, 0.25) is 15.9 Å². The third-order valence-electron chi connectivity index (χ3n) is 5.59. The first-order valence-corrected chi connectivity index (χ1v) is 13.6. The van der Waals surface area contributed by atoms with Crippen LogP contribution in [-0.2, 0) is 20.2 Å². The maximum Gasteiger partial charge on any atom is 0.246 e. The van der Waals surface area contributed by atoms with E-state index in [1.54, 1.807) is 18.3 Å². The number of anilines is 1. The van der Waals surface area contributed by atoms with E-state index < -0.39 is 16.1 Å². The Hall–Kier alpha value is -2.52. The highest BCUT2D eigenvalue weighted by atomic mass is 35.5. The molecule has 0 saturated carbocycles. The van der Waals surface area contributed by atoms with E-state index in [4.69, 9.17) is 11.6 Å². The zero-order valence-corrected chi connectivity index (χ0v) is 21.5. The van der Waals surface area contributed by atoms with Gasteiger partial charge in [0, 0.05) is 28.6 Å². The number of pyridine rings is 1. The molecule has 0 bridgehead atoms. The summed E-state index contributed by atoms with van der Waals surface area (Å²) >= 11 is 7.15. The van der Waals surface area contributed by atoms with Crippen molar-refractivity contribution in [2.45, 2.75) is 38.6 Å². The minimum Gasteiger partial charge on any atom is -0.295 e. The van der Waals surface area contributed by atoms with E-state index in [0.717, 1.165) is 16.5 Å². The molecule has 1 aliphatic rings. The van der Waals surface area contributed by atoms with Gasteiger partial charge in [0.1, 0.15) is 11.9 Å². The monoisotopic (exact) mass is 515 g/mol. The second-order valence-corrected chi connectivity index (χ2v) is 12.5. The molecule has 34 heavy (non-hydrogen) atoms. The number of hydrogen-bond donors (Lipinski definition) is 1. The van der Waals surface area contributed by atoms with Crippen molar-refractivity contribution in [1.82, 2.24) is 9.71 Å². The fourth-order valence-corrected chi connectivity index (χ4v) is 5.99. The lowest BCUT2D eigenvalue weighted by atomic mass is 9.82. The van der Waals surface area contributed by atoms with Crippen LogP contribution < -0.4 is 9.62 Å². The minimum atomic E-state index is -3.79. The van der Waals surface area contributed by atoms with Gasteiger partial charge in [0.05, 0.1) is 4.34 Å². The maximum absolute atomic E-state index is 12.9. The fraction of sp³-hybridized carbons (Fsp3) is 0.280. The number of rotatable bonds is 6. The van der Waals surface area contributed by atoms with Crippen LogP contribution in [0, 0.1) is 0 Å². The summed E-state index contributed by atoms with van der Waals surface area (Å²) in [5, 5.41) is 1.06. The molecule has 1 aromatic carbocycles. The molecule has 1 amide bonds. The molecule has 1 fully saturated rings. The first kappa shape index (κ1) is 24.6. The fourth-order valence-electron chi connectivity index (χ4n) is 3.92. The molecule has 3 aromatic rings. The number of nitrogens with zero attached hydrogens (tertiary/aromatic N) is 2. The van der Waals surface area contributed by atoms with Crippen LogP contribution in [0.3, 0.4) is 0 Å². The first-order valence-electron chi connectivity index (χ1n) is 10.9. The Kier molecular flexibility index (Phi) is 6.96. The van der Waals surface area contributed by atoms with Crippen LogP contribution in [0.1, 0.15) is 37.6 Å². The van der Waals surface area contributed by atoms with Crippen LogP contribution in [0.5, 0.6) is 0 Å². The SMILES string of the molecule is CC(C)(C)c1ccccc1-c1ccc(N2CCC(NS(=O)(=O)/C=C/c3ccc(Cl)s3)C2=O)nc1. The minimum absolute atomic E-state index is 0.0191. The van der Waals surface area contributed by atoms with E-state index >= 15 is 0 Å². The number of aromatic nitrogens is 1. The molecule has 1 saturated heterocycles. The molecular weight excluding hydrogens is 490 g/mol. The zero-order chi connectivity index (χ0) is 24.5. The molecule has 2 aromatic heterocycles. The van der Waals surface area contributed by atoms with Crippen molar-refractivity contribution in [1.29, 1.82) is 0 Å². The summed E-state index contributed by atoms with van der Waals surface area (Å²) in [6, 6.07) is 14.6. The van der Waals surface area contributed by atoms with E-state index in [1.165, 1.54) is 27.9 Å². The van der Waals surface area contributed by atoms with Crippen molar-refractivity contribution in [3.63, 3.8) is 0 Å². The Labute approximate surface area is 209 Å². The summed E-state index contributed by atoms with van der Waals surface area (Å²) in [6.07, 6.45) is 3.60. The van der Waals surface area contributed by atoms with Crippen molar-refractivity contribution in [2.24, 2.45) is 0 Å². The predicted octanol–water partition coefficient (Wildman–Crippen LogP) is 5.46. The van der Waals surface area contributed by atoms with E-state index in [2.05, 4.69) is 42.6 Å². The molecule has 3 heterocycles. The molecule has 1 unspecified atom stereocenters. The van der Waals surface area contributed by atoms with Gasteiger partial charge < -0.3 is 0 Å². The van der Waals surface area contributed by atoms with Gasteiger partial charge in [0.15, 0.2) is 0 Å². The van der Waals surface area contributed by atoms with Crippen molar-refractivity contribution >= 4 is 50.8 Å². The van der Waals surface area contributed by atoms with E-state index in [9.17, 15) is 13.2 Å². The van der Waals surface area contributed by atoms with Crippen molar-refractivity contribution < 1.29 is 13.2 Å². The van der Waals surface area contributed by atoms with Crippen LogP contribution in [0.15, 0.2) is 60.1 Å². The number of hydrogen-bond acceptors (Lipinski definition) is 5. The molecule has 1 aliphatic heterocycles. The van der Waals surface area contributed by atoms with Gasteiger partial charge in [-0.25, -0.2) is 13.4 Å². The number of thiophene rings is 1. The third-order valence-corrected chi connectivity index (χ3v) is 7.89. The Balaban J connectivity index is 1.47. The van der Waals surface area contributed by atoms with Crippen LogP contribution in [0.2, 0.25) is 4.34 Å². The highest BCUT2D eigenvalue weighted by Gasteiger charge is 2.35. The summed E-state index contributed by atoms with van der Waals surface area (Å²) in [4.78, 5) is 19.7. The maximum atomic E-state index is 12.9. The largest absolute Gasteiger partial charge is 0.295 e. The van der Waals surface area contributed by atoms with Crippen molar-refractivity contribution in [2.75, 3.05) is 11.4 Å². The summed E-state index contributed by atoms with van der Waals surface area (Å²) in [7, 11) is -3.79. The lowest BCUT2D eigenvalue weighted by Crippen LogP contribution is -2.40. The van der Waals surface area contributed by atoms with Crippen molar-refractivity contribution in [3.05, 3.63) is 74.9 Å². The molecule has 0 spiro atoms. The summed E-state index contributed by atoms with van der Waals surface area (Å²) in [6.45, 7) is 6.90. The standard InChI is InChI=1S/C25H26ClN3O3S2/c1-25(2,3)20-7-5-4-6-19(20)17-8-11-23(27-16-17)29-14-12-21(24(29)30)28-34(31,32)15-13-18-9-10-22(26)33-18/h4-11,13,15-16,21,28H,12,14H2,1-3H3/b15-13+. The van der Waals surface area contributed by atoms with Gasteiger partial charge in [-0.05, 0) is 53.3 Å². The summed E-state index contributed by atoms with van der Waals surface area (Å²) < 4.78 is 28.0. The van der Waals surface area contributed by atoms with Crippen LogP contribution >= 0.6 is 22.9 Å². The molecule has 0 aliphatic carbocycles. The van der Waals surface area contributed by atoms with Gasteiger partial charge >= 0.3 is 0 Å². The third kappa shape index (κ3) is 5.58. The lowest BCUT2D eigenvalue weighted by molar-refractivity contribution is -0.118. The normalized spacial score (nSPS) is 17.1. The van der Waals surface area contributed by atoms with E-state index in [1.807, 2.05) is 24.3 Å². The lowest BCUT2D eigenvalue weighted by Gasteiger charge is -2.23.